The van der Waals surface area contributed by atoms with Gasteiger partial charge in [-0.2, -0.15) is 0 Å². The van der Waals surface area contributed by atoms with Crippen molar-refractivity contribution in [3.8, 4) is 0 Å². The van der Waals surface area contributed by atoms with E-state index in [2.05, 4.69) is 5.32 Å². The number of nitrogens with zero attached hydrogens (tertiary/aromatic N) is 1. The second kappa shape index (κ2) is 6.95. The molecule has 0 fully saturated rings. The molecule has 0 saturated carbocycles. The highest BCUT2D eigenvalue weighted by Gasteiger charge is 2.37. The van der Waals surface area contributed by atoms with Crippen LogP contribution in [0.5, 0.6) is 0 Å². The van der Waals surface area contributed by atoms with Gasteiger partial charge in [0, 0.05) is 29.9 Å². The molecule has 0 aromatic heterocycles. The third kappa shape index (κ3) is 3.39. The molecule has 3 N–H and O–H groups in total. The highest BCUT2D eigenvalue weighted by molar-refractivity contribution is 5.98. The van der Waals surface area contributed by atoms with Crippen molar-refractivity contribution in [1.82, 2.24) is 5.32 Å². The minimum absolute atomic E-state index is 0.0570. The molecule has 0 bridgehead atoms. The quantitative estimate of drug-likeness (QED) is 0.399. The van der Waals surface area contributed by atoms with E-state index in [4.69, 9.17) is 0 Å². The minimum atomic E-state index is -1.41. The number of carbonyl (C=O) groups is 3. The Bertz CT molecular complexity index is 839. The monoisotopic (exact) mass is 346 g/mol. The number of nitro benzene ring substituents is 1. The lowest BCUT2D eigenvalue weighted by molar-refractivity contribution is -0.384. The van der Waals surface area contributed by atoms with E-state index in [-0.39, 0.29) is 40.2 Å². The van der Waals surface area contributed by atoms with Crippen LogP contribution in [0.25, 0.3) is 0 Å². The van der Waals surface area contributed by atoms with E-state index in [1.165, 1.54) is 25.1 Å². The number of carboxylic acids is 2. The zero-order chi connectivity index (χ0) is 18.7. The van der Waals surface area contributed by atoms with Crippen LogP contribution in [0.15, 0.2) is 46.8 Å². The summed E-state index contributed by atoms with van der Waals surface area (Å²) in [6, 6.07) is 5.12. The maximum absolute atomic E-state index is 11.8. The number of aliphatic carboxylic acids is 2. The number of allylic oxidation sites excluding steroid dienone is 2. The number of rotatable bonds is 6. The Balaban J connectivity index is 2.76. The molecule has 1 aliphatic rings. The van der Waals surface area contributed by atoms with Gasteiger partial charge in [-0.3, -0.25) is 10.1 Å². The fourth-order valence-corrected chi connectivity index (χ4v) is 2.83. The first-order chi connectivity index (χ1) is 11.8. The summed E-state index contributed by atoms with van der Waals surface area (Å²) >= 11 is 0. The second-order valence-electron chi connectivity index (χ2n) is 5.32. The Labute approximate surface area is 141 Å². The SMILES string of the molecule is CC1=C(C(=O)O)C(c2cccc([N+](=O)[O-])c2)C(C(=O)O)=C(CC=O)N1. The third-order valence-electron chi connectivity index (χ3n) is 3.81. The Hall–Kier alpha value is -3.49. The van der Waals surface area contributed by atoms with E-state index in [9.17, 15) is 34.7 Å². The fraction of sp³-hybridized carbons (Fsp3) is 0.188. The summed E-state index contributed by atoms with van der Waals surface area (Å²) in [5.74, 6) is -4.01. The number of nitrogens with one attached hydrogen (secondary N) is 1. The molecule has 1 aromatic carbocycles. The average Bonchev–Trinajstić information content (AvgIpc) is 2.53. The summed E-state index contributed by atoms with van der Waals surface area (Å²) in [5.41, 5.74) is -0.483. The maximum Gasteiger partial charge on any atom is 0.334 e. The number of hydrogen-bond acceptors (Lipinski definition) is 6. The molecule has 1 atom stereocenters. The molecule has 130 valence electrons. The van der Waals surface area contributed by atoms with E-state index >= 15 is 0 Å². The summed E-state index contributed by atoms with van der Waals surface area (Å²) in [6.45, 7) is 1.44. The number of aldehydes is 1. The van der Waals surface area contributed by atoms with Crippen molar-refractivity contribution in [2.45, 2.75) is 19.3 Å². The first-order valence-corrected chi connectivity index (χ1v) is 7.13. The van der Waals surface area contributed by atoms with Crippen LogP contribution in [-0.4, -0.2) is 33.4 Å². The molecule has 0 amide bonds. The van der Waals surface area contributed by atoms with Gasteiger partial charge in [-0.05, 0) is 12.5 Å². The van der Waals surface area contributed by atoms with Gasteiger partial charge in [-0.15, -0.1) is 0 Å². The Morgan fingerprint density at radius 1 is 1.28 bits per heavy atom. The number of carbonyl (C=O) groups excluding carboxylic acids is 1. The summed E-state index contributed by atoms with van der Waals surface area (Å²) < 4.78 is 0. The summed E-state index contributed by atoms with van der Waals surface area (Å²) in [4.78, 5) is 44.6. The largest absolute Gasteiger partial charge is 0.478 e. The van der Waals surface area contributed by atoms with Gasteiger partial charge in [0.15, 0.2) is 0 Å². The molecule has 9 heteroatoms. The van der Waals surface area contributed by atoms with Crippen molar-refractivity contribution >= 4 is 23.9 Å². The number of benzene rings is 1. The zero-order valence-corrected chi connectivity index (χ0v) is 13.1. The standard InChI is InChI=1S/C16H14N2O7/c1-8-12(15(20)21)13(9-3-2-4-10(7-9)18(24)25)14(16(22)23)11(17-8)5-6-19/h2-4,6-7,13,17H,5H2,1H3,(H,20,21)(H,22,23). The fourth-order valence-electron chi connectivity index (χ4n) is 2.83. The molecule has 0 radical (unpaired) electrons. The van der Waals surface area contributed by atoms with Crippen LogP contribution in [0.3, 0.4) is 0 Å². The van der Waals surface area contributed by atoms with Crippen molar-refractivity contribution in [2.24, 2.45) is 0 Å². The van der Waals surface area contributed by atoms with Crippen molar-refractivity contribution < 1.29 is 29.5 Å². The molecule has 0 spiro atoms. The first kappa shape index (κ1) is 17.9. The van der Waals surface area contributed by atoms with Crippen molar-refractivity contribution in [3.05, 3.63) is 62.5 Å². The van der Waals surface area contributed by atoms with Gasteiger partial charge in [-0.1, -0.05) is 12.1 Å². The van der Waals surface area contributed by atoms with E-state index in [1.54, 1.807) is 0 Å². The number of dihydropyridines is 1. The molecule has 2 rings (SSSR count). The van der Waals surface area contributed by atoms with Crippen LogP contribution in [0.1, 0.15) is 24.8 Å². The number of hydrogen-bond donors (Lipinski definition) is 3. The molecular weight excluding hydrogens is 332 g/mol. The second-order valence-corrected chi connectivity index (χ2v) is 5.32. The van der Waals surface area contributed by atoms with E-state index in [1.807, 2.05) is 0 Å². The van der Waals surface area contributed by atoms with Gasteiger partial charge in [0.05, 0.1) is 22.0 Å². The molecule has 1 heterocycles. The smallest absolute Gasteiger partial charge is 0.334 e. The van der Waals surface area contributed by atoms with Crippen molar-refractivity contribution in [2.75, 3.05) is 0 Å². The average molecular weight is 346 g/mol. The summed E-state index contributed by atoms with van der Waals surface area (Å²) in [6.07, 6.45) is 0.242. The zero-order valence-electron chi connectivity index (χ0n) is 13.1. The first-order valence-electron chi connectivity index (χ1n) is 7.13. The van der Waals surface area contributed by atoms with Crippen molar-refractivity contribution in [1.29, 1.82) is 0 Å². The van der Waals surface area contributed by atoms with Crippen LogP contribution >= 0.6 is 0 Å². The highest BCUT2D eigenvalue weighted by Crippen LogP contribution is 2.39. The van der Waals surface area contributed by atoms with Crippen molar-refractivity contribution in [3.63, 3.8) is 0 Å². The van der Waals surface area contributed by atoms with E-state index in [0.717, 1.165) is 6.07 Å². The minimum Gasteiger partial charge on any atom is -0.478 e. The predicted molar refractivity (Wildman–Crippen MR) is 84.7 cm³/mol. The van der Waals surface area contributed by atoms with E-state index in [0.29, 0.717) is 6.29 Å². The molecule has 1 aliphatic heterocycles. The Kier molecular flexibility index (Phi) is 4.97. The van der Waals surface area contributed by atoms with Gasteiger partial charge < -0.3 is 20.3 Å². The number of non-ortho nitro benzene ring substituents is 1. The molecule has 0 aliphatic carbocycles. The lowest BCUT2D eigenvalue weighted by atomic mass is 9.80. The molecule has 25 heavy (non-hydrogen) atoms. The topological polar surface area (TPSA) is 147 Å². The molecule has 0 saturated heterocycles. The third-order valence-corrected chi connectivity index (χ3v) is 3.81. The predicted octanol–water partition coefficient (Wildman–Crippen LogP) is 1.57. The van der Waals surface area contributed by atoms with Gasteiger partial charge in [0.1, 0.15) is 6.29 Å². The van der Waals surface area contributed by atoms with Crippen LogP contribution in [-0.2, 0) is 14.4 Å². The highest BCUT2D eigenvalue weighted by atomic mass is 16.6. The summed E-state index contributed by atoms with van der Waals surface area (Å²) in [7, 11) is 0. The lowest BCUT2D eigenvalue weighted by Crippen LogP contribution is -2.32. The number of carboxylic acid groups (broad SMARTS) is 2. The van der Waals surface area contributed by atoms with Gasteiger partial charge in [0.2, 0.25) is 0 Å². The van der Waals surface area contributed by atoms with Crippen LogP contribution in [0.2, 0.25) is 0 Å². The Morgan fingerprint density at radius 2 is 1.92 bits per heavy atom. The molecule has 9 nitrogen and oxygen atoms in total. The molecular formula is C16H14N2O7. The Morgan fingerprint density at radius 3 is 2.44 bits per heavy atom. The lowest BCUT2D eigenvalue weighted by Gasteiger charge is -2.29. The van der Waals surface area contributed by atoms with E-state index < -0.39 is 22.8 Å². The van der Waals surface area contributed by atoms with Gasteiger partial charge in [-0.25, -0.2) is 9.59 Å². The molecule has 1 unspecified atom stereocenters. The number of nitro groups is 1. The van der Waals surface area contributed by atoms with Gasteiger partial charge in [0.25, 0.3) is 5.69 Å². The van der Waals surface area contributed by atoms with Crippen LogP contribution in [0, 0.1) is 10.1 Å². The normalized spacial score (nSPS) is 17.1. The maximum atomic E-state index is 11.8. The van der Waals surface area contributed by atoms with Crippen LogP contribution < -0.4 is 5.32 Å². The van der Waals surface area contributed by atoms with Gasteiger partial charge >= 0.3 is 11.9 Å². The molecule has 1 aromatic rings. The summed E-state index contributed by atoms with van der Waals surface area (Å²) in [5, 5.41) is 32.7. The van der Waals surface area contributed by atoms with Crippen LogP contribution in [0.4, 0.5) is 5.69 Å².